The molecule has 0 saturated heterocycles. The van der Waals surface area contributed by atoms with Crippen molar-refractivity contribution in [2.24, 2.45) is 5.92 Å². The highest BCUT2D eigenvalue weighted by Gasteiger charge is 2.23. The molecule has 1 unspecified atom stereocenters. The van der Waals surface area contributed by atoms with E-state index in [1.165, 1.54) is 31.9 Å². The van der Waals surface area contributed by atoms with E-state index in [4.69, 9.17) is 0 Å². The molecule has 26 heavy (non-hydrogen) atoms. The summed E-state index contributed by atoms with van der Waals surface area (Å²) in [6.07, 6.45) is 5.94. The Balaban J connectivity index is 1.82. The van der Waals surface area contributed by atoms with Gasteiger partial charge in [-0.2, -0.15) is 0 Å². The highest BCUT2D eigenvalue weighted by atomic mass is 19.1. The predicted molar refractivity (Wildman–Crippen MR) is 93.9 cm³/mol. The molecule has 1 aliphatic rings. The fraction of sp³-hybridized carbons (Fsp3) is 0.526. The second-order valence-corrected chi connectivity index (χ2v) is 6.81. The van der Waals surface area contributed by atoms with Crippen LogP contribution in [0.5, 0.6) is 0 Å². The van der Waals surface area contributed by atoms with Crippen LogP contribution in [0.25, 0.3) is 0 Å². The summed E-state index contributed by atoms with van der Waals surface area (Å²) in [6, 6.07) is 2.57. The molecule has 1 aromatic carbocycles. The number of halogens is 1. The Morgan fingerprint density at radius 1 is 1.23 bits per heavy atom. The van der Waals surface area contributed by atoms with E-state index in [9.17, 15) is 23.9 Å². The zero-order valence-electron chi connectivity index (χ0n) is 14.9. The van der Waals surface area contributed by atoms with Crippen molar-refractivity contribution in [1.29, 1.82) is 0 Å². The predicted octanol–water partition coefficient (Wildman–Crippen LogP) is 2.46. The van der Waals surface area contributed by atoms with E-state index in [1.807, 2.05) is 0 Å². The molecular formula is C19H25FN2O4. The van der Waals surface area contributed by atoms with Gasteiger partial charge < -0.3 is 15.7 Å². The van der Waals surface area contributed by atoms with Gasteiger partial charge in [-0.25, -0.2) is 9.18 Å². The normalized spacial score (nSPS) is 15.5. The molecule has 1 saturated carbocycles. The number of amides is 2. The third kappa shape index (κ3) is 5.82. The Morgan fingerprint density at radius 2 is 1.92 bits per heavy atom. The van der Waals surface area contributed by atoms with E-state index in [2.05, 4.69) is 10.6 Å². The Labute approximate surface area is 152 Å². The number of rotatable bonds is 8. The lowest BCUT2D eigenvalue weighted by Crippen LogP contribution is -2.41. The van der Waals surface area contributed by atoms with Gasteiger partial charge in [0.1, 0.15) is 5.82 Å². The number of carboxylic acids is 1. The molecule has 142 valence electrons. The topological polar surface area (TPSA) is 95.5 Å². The monoisotopic (exact) mass is 364 g/mol. The molecule has 0 aromatic heterocycles. The average molecular weight is 364 g/mol. The van der Waals surface area contributed by atoms with Crippen LogP contribution >= 0.6 is 0 Å². The van der Waals surface area contributed by atoms with Crippen molar-refractivity contribution >= 4 is 17.8 Å². The number of carboxylic acid groups (broad SMARTS) is 1. The molecule has 1 atom stereocenters. The smallest absolute Gasteiger partial charge is 0.330 e. The van der Waals surface area contributed by atoms with Crippen molar-refractivity contribution in [3.8, 4) is 0 Å². The standard InChI is InChI=1S/C19H25FN2O4/c1-12-10-14(7-8-15(12)20)18(19(25)26)22-17(24)11-21-16(23)9-6-13-4-2-3-5-13/h7-8,10,13,18H,2-6,9,11H2,1H3,(H,21,23)(H,22,24)(H,25,26). The van der Waals surface area contributed by atoms with Crippen molar-refractivity contribution in [3.05, 3.63) is 35.1 Å². The zero-order chi connectivity index (χ0) is 19.1. The van der Waals surface area contributed by atoms with E-state index in [0.717, 1.165) is 25.3 Å². The minimum Gasteiger partial charge on any atom is -0.479 e. The van der Waals surface area contributed by atoms with Crippen LogP contribution in [-0.2, 0) is 14.4 Å². The summed E-state index contributed by atoms with van der Waals surface area (Å²) in [6.45, 7) is 1.23. The van der Waals surface area contributed by atoms with Gasteiger partial charge in [-0.1, -0.05) is 37.8 Å². The Hall–Kier alpha value is -2.44. The molecule has 1 aromatic rings. The molecule has 3 N–H and O–H groups in total. The first-order chi connectivity index (χ1) is 12.4. The lowest BCUT2D eigenvalue weighted by atomic mass is 10.0. The lowest BCUT2D eigenvalue weighted by molar-refractivity contribution is -0.142. The van der Waals surface area contributed by atoms with Gasteiger partial charge in [-0.15, -0.1) is 0 Å². The number of hydrogen-bond donors (Lipinski definition) is 3. The van der Waals surface area contributed by atoms with Crippen molar-refractivity contribution in [2.45, 2.75) is 51.5 Å². The number of benzene rings is 1. The molecule has 2 rings (SSSR count). The van der Waals surface area contributed by atoms with E-state index in [1.54, 1.807) is 0 Å². The minimum atomic E-state index is -1.29. The van der Waals surface area contributed by atoms with Gasteiger partial charge in [0, 0.05) is 6.42 Å². The fourth-order valence-corrected chi connectivity index (χ4v) is 3.25. The number of carbonyl (C=O) groups is 3. The zero-order valence-corrected chi connectivity index (χ0v) is 14.9. The third-order valence-electron chi connectivity index (χ3n) is 4.77. The van der Waals surface area contributed by atoms with Crippen LogP contribution < -0.4 is 10.6 Å². The van der Waals surface area contributed by atoms with Crippen molar-refractivity contribution in [2.75, 3.05) is 6.54 Å². The first-order valence-corrected chi connectivity index (χ1v) is 8.91. The molecule has 0 spiro atoms. The van der Waals surface area contributed by atoms with Gasteiger partial charge >= 0.3 is 5.97 Å². The molecule has 0 bridgehead atoms. The maximum absolute atomic E-state index is 13.3. The molecule has 0 aliphatic heterocycles. The second kappa shape index (κ2) is 9.31. The van der Waals surface area contributed by atoms with E-state index in [-0.39, 0.29) is 18.0 Å². The van der Waals surface area contributed by atoms with Crippen LogP contribution in [0.4, 0.5) is 4.39 Å². The van der Waals surface area contributed by atoms with Gasteiger partial charge in [0.15, 0.2) is 6.04 Å². The molecular weight excluding hydrogens is 339 g/mol. The van der Waals surface area contributed by atoms with Gasteiger partial charge in [-0.3, -0.25) is 9.59 Å². The first-order valence-electron chi connectivity index (χ1n) is 8.91. The van der Waals surface area contributed by atoms with Gasteiger partial charge in [0.2, 0.25) is 11.8 Å². The summed E-state index contributed by atoms with van der Waals surface area (Å²) in [5.41, 5.74) is 0.570. The summed E-state index contributed by atoms with van der Waals surface area (Å²) in [5, 5.41) is 14.2. The molecule has 2 amide bonds. The van der Waals surface area contributed by atoms with Crippen LogP contribution in [0, 0.1) is 18.7 Å². The Morgan fingerprint density at radius 3 is 2.54 bits per heavy atom. The van der Waals surface area contributed by atoms with Gasteiger partial charge in [0.25, 0.3) is 0 Å². The lowest BCUT2D eigenvalue weighted by Gasteiger charge is -2.16. The highest BCUT2D eigenvalue weighted by Crippen LogP contribution is 2.28. The molecule has 0 radical (unpaired) electrons. The molecule has 6 nitrogen and oxygen atoms in total. The number of aliphatic carboxylic acids is 1. The SMILES string of the molecule is Cc1cc(C(NC(=O)CNC(=O)CCC2CCCC2)C(=O)O)ccc1F. The van der Waals surface area contributed by atoms with Gasteiger partial charge in [0.05, 0.1) is 6.54 Å². The molecule has 1 aliphatic carbocycles. The van der Waals surface area contributed by atoms with Crippen molar-refractivity contribution in [3.63, 3.8) is 0 Å². The van der Waals surface area contributed by atoms with Crippen LogP contribution in [0.1, 0.15) is 55.7 Å². The van der Waals surface area contributed by atoms with E-state index >= 15 is 0 Å². The Kier molecular flexibility index (Phi) is 7.12. The fourth-order valence-electron chi connectivity index (χ4n) is 3.25. The summed E-state index contributed by atoms with van der Waals surface area (Å²) < 4.78 is 13.3. The average Bonchev–Trinajstić information content (AvgIpc) is 3.12. The Bertz CT molecular complexity index is 672. The summed E-state index contributed by atoms with van der Waals surface area (Å²) >= 11 is 0. The van der Waals surface area contributed by atoms with Crippen molar-refractivity contribution < 1.29 is 23.9 Å². The molecule has 0 heterocycles. The summed E-state index contributed by atoms with van der Waals surface area (Å²) in [5.74, 6) is -1.92. The number of nitrogens with one attached hydrogen (secondary N) is 2. The largest absolute Gasteiger partial charge is 0.479 e. The minimum absolute atomic E-state index is 0.212. The van der Waals surface area contributed by atoms with Crippen LogP contribution in [0.15, 0.2) is 18.2 Å². The van der Waals surface area contributed by atoms with Crippen LogP contribution in [0.2, 0.25) is 0 Å². The maximum Gasteiger partial charge on any atom is 0.330 e. The first kappa shape index (κ1) is 19.9. The van der Waals surface area contributed by atoms with Crippen LogP contribution in [0.3, 0.4) is 0 Å². The molecule has 7 heteroatoms. The summed E-state index contributed by atoms with van der Waals surface area (Å²) in [7, 11) is 0. The second-order valence-electron chi connectivity index (χ2n) is 6.81. The van der Waals surface area contributed by atoms with Crippen LogP contribution in [-0.4, -0.2) is 29.4 Å². The molecule has 1 fully saturated rings. The maximum atomic E-state index is 13.3. The quantitative estimate of drug-likeness (QED) is 0.660. The number of carbonyl (C=O) groups excluding carboxylic acids is 2. The van der Waals surface area contributed by atoms with Crippen molar-refractivity contribution in [1.82, 2.24) is 10.6 Å². The van der Waals surface area contributed by atoms with E-state index in [0.29, 0.717) is 17.9 Å². The highest BCUT2D eigenvalue weighted by molar-refractivity contribution is 5.88. The van der Waals surface area contributed by atoms with Gasteiger partial charge in [-0.05, 0) is 36.5 Å². The summed E-state index contributed by atoms with van der Waals surface area (Å²) in [4.78, 5) is 35.2. The third-order valence-corrected chi connectivity index (χ3v) is 4.77. The number of hydrogen-bond acceptors (Lipinski definition) is 3. The number of aryl methyl sites for hydroxylation is 1. The van der Waals surface area contributed by atoms with E-state index < -0.39 is 23.7 Å².